The first-order chi connectivity index (χ1) is 31.2. The van der Waals surface area contributed by atoms with Gasteiger partial charge < -0.3 is 9.13 Å². The summed E-state index contributed by atoms with van der Waals surface area (Å²) >= 11 is 1.89. The Labute approximate surface area is 368 Å². The van der Waals surface area contributed by atoms with Gasteiger partial charge in [-0.1, -0.05) is 164 Å². The van der Waals surface area contributed by atoms with Gasteiger partial charge in [0.2, 0.25) is 0 Å². The molecule has 0 atom stereocenters. The summed E-state index contributed by atoms with van der Waals surface area (Å²) in [5.41, 5.74) is 17.0. The van der Waals surface area contributed by atoms with Gasteiger partial charge in [-0.2, -0.15) is 0 Å². The van der Waals surface area contributed by atoms with Crippen LogP contribution < -0.4 is 0 Å². The van der Waals surface area contributed by atoms with Gasteiger partial charge in [0.25, 0.3) is 0 Å². The molecule has 0 fully saturated rings. The van der Waals surface area contributed by atoms with Gasteiger partial charge in [-0.15, -0.1) is 11.3 Å². The minimum Gasteiger partial charge on any atom is -0.309 e. The van der Waals surface area contributed by atoms with Crippen molar-refractivity contribution in [2.24, 2.45) is 0 Å². The summed E-state index contributed by atoms with van der Waals surface area (Å²) in [7, 11) is 0. The number of fused-ring (bicyclic) bond motifs is 9. The third kappa shape index (κ3) is 5.71. The summed E-state index contributed by atoms with van der Waals surface area (Å²) in [6.45, 7) is 0. The maximum absolute atomic E-state index is 2.50. The summed E-state index contributed by atoms with van der Waals surface area (Å²) in [4.78, 5) is 0. The van der Waals surface area contributed by atoms with E-state index in [1.807, 2.05) is 11.3 Å². The Morgan fingerprint density at radius 1 is 0.286 bits per heavy atom. The zero-order chi connectivity index (χ0) is 41.4. The molecule has 0 bridgehead atoms. The van der Waals surface area contributed by atoms with Gasteiger partial charge >= 0.3 is 0 Å². The average Bonchev–Trinajstić information content (AvgIpc) is 4.02. The van der Waals surface area contributed by atoms with Gasteiger partial charge in [0.1, 0.15) is 0 Å². The van der Waals surface area contributed by atoms with E-state index in [-0.39, 0.29) is 0 Å². The van der Waals surface area contributed by atoms with Crippen molar-refractivity contribution in [2.45, 2.75) is 0 Å². The first kappa shape index (κ1) is 35.7. The van der Waals surface area contributed by atoms with Crippen molar-refractivity contribution in [1.82, 2.24) is 9.13 Å². The molecule has 0 aliphatic heterocycles. The zero-order valence-corrected chi connectivity index (χ0v) is 35.1. The second kappa shape index (κ2) is 14.3. The number of benzene rings is 10. The molecular weight excluding hydrogens is 781 g/mol. The lowest BCUT2D eigenvalue weighted by Crippen LogP contribution is -1.95. The zero-order valence-electron chi connectivity index (χ0n) is 34.2. The van der Waals surface area contributed by atoms with Gasteiger partial charge in [-0.05, 0) is 111 Å². The lowest BCUT2D eigenvalue weighted by atomic mass is 9.95. The highest BCUT2D eigenvalue weighted by molar-refractivity contribution is 7.26. The van der Waals surface area contributed by atoms with E-state index >= 15 is 0 Å². The molecule has 63 heavy (non-hydrogen) atoms. The number of nitrogens with zero attached hydrogens (tertiary/aromatic N) is 2. The molecule has 13 aromatic rings. The predicted octanol–water partition coefficient (Wildman–Crippen LogP) is 16.9. The molecule has 0 radical (unpaired) electrons. The van der Waals surface area contributed by atoms with E-state index < -0.39 is 0 Å². The molecule has 10 aromatic carbocycles. The minimum atomic E-state index is 1.16. The Kier molecular flexibility index (Phi) is 8.12. The molecule has 0 saturated carbocycles. The molecule has 3 heterocycles. The van der Waals surface area contributed by atoms with Gasteiger partial charge in [0, 0.05) is 42.7 Å². The highest BCUT2D eigenvalue weighted by Gasteiger charge is 2.21. The molecule has 0 aliphatic carbocycles. The van der Waals surface area contributed by atoms with Crippen molar-refractivity contribution in [3.8, 4) is 55.9 Å². The van der Waals surface area contributed by atoms with E-state index in [0.717, 1.165) is 5.69 Å². The van der Waals surface area contributed by atoms with Crippen molar-refractivity contribution < 1.29 is 0 Å². The second-order valence-electron chi connectivity index (χ2n) is 16.5. The normalized spacial score (nSPS) is 11.8. The second-order valence-corrected chi connectivity index (χ2v) is 17.5. The Morgan fingerprint density at radius 3 is 1.44 bits per heavy atom. The fourth-order valence-electron chi connectivity index (χ4n) is 10.0. The number of hydrogen-bond donors (Lipinski definition) is 0. The van der Waals surface area contributed by atoms with Crippen LogP contribution in [0.25, 0.3) is 120 Å². The van der Waals surface area contributed by atoms with Crippen LogP contribution in [0.4, 0.5) is 0 Å². The summed E-state index contributed by atoms with van der Waals surface area (Å²) in [6.07, 6.45) is 0. The quantitative estimate of drug-likeness (QED) is 0.158. The van der Waals surface area contributed by atoms with Crippen molar-refractivity contribution in [3.05, 3.63) is 231 Å². The van der Waals surface area contributed by atoms with Gasteiger partial charge in [0.15, 0.2) is 0 Å². The number of hydrogen-bond acceptors (Lipinski definition) is 1. The van der Waals surface area contributed by atoms with E-state index in [0.29, 0.717) is 0 Å². The van der Waals surface area contributed by atoms with Crippen LogP contribution in [-0.4, -0.2) is 9.13 Å². The number of thiophene rings is 1. The summed E-state index contributed by atoms with van der Waals surface area (Å²) in [6, 6.07) is 84.5. The standard InChI is InChI=1S/C60H38N2S/c1-3-14-39(15-4-1)41-26-30-46(31-27-41)61-53-23-10-7-20-48(53)51-37-43(28-33-55(51)61)44-29-34-56-52(38-44)49-21-8-11-24-54(49)62(56)57-35-32-47(59-50-22-9-12-25-58(50)63-60(57)59)45-19-13-18-42(36-45)40-16-5-2-6-17-40/h1-38H. The van der Waals surface area contributed by atoms with Crippen LogP contribution in [-0.2, 0) is 0 Å². The monoisotopic (exact) mass is 818 g/mol. The van der Waals surface area contributed by atoms with E-state index in [4.69, 9.17) is 0 Å². The fourth-order valence-corrected chi connectivity index (χ4v) is 11.2. The van der Waals surface area contributed by atoms with Gasteiger partial charge in [-0.3, -0.25) is 0 Å². The Hall–Kier alpha value is -7.98. The van der Waals surface area contributed by atoms with Gasteiger partial charge in [-0.25, -0.2) is 0 Å². The smallest absolute Gasteiger partial charge is 0.0641 e. The van der Waals surface area contributed by atoms with E-state index in [9.17, 15) is 0 Å². The Balaban J connectivity index is 0.958. The molecule has 13 rings (SSSR count). The first-order valence-electron chi connectivity index (χ1n) is 21.6. The maximum atomic E-state index is 2.50. The van der Waals surface area contributed by atoms with Crippen LogP contribution in [0.15, 0.2) is 231 Å². The van der Waals surface area contributed by atoms with Gasteiger partial charge in [0.05, 0.1) is 32.5 Å². The van der Waals surface area contributed by atoms with Crippen LogP contribution in [0.1, 0.15) is 0 Å². The predicted molar refractivity (Wildman–Crippen MR) is 270 cm³/mol. The minimum absolute atomic E-state index is 1.16. The molecule has 0 unspecified atom stereocenters. The molecule has 2 nitrogen and oxygen atoms in total. The lowest BCUT2D eigenvalue weighted by Gasteiger charge is -2.14. The molecule has 0 aliphatic rings. The van der Waals surface area contributed by atoms with Crippen LogP contribution in [0.2, 0.25) is 0 Å². The van der Waals surface area contributed by atoms with Crippen molar-refractivity contribution >= 4 is 75.1 Å². The summed E-state index contributed by atoms with van der Waals surface area (Å²) in [5.74, 6) is 0. The molecule has 3 aromatic heterocycles. The maximum Gasteiger partial charge on any atom is 0.0641 e. The first-order valence-corrected chi connectivity index (χ1v) is 22.4. The summed E-state index contributed by atoms with van der Waals surface area (Å²) in [5, 5.41) is 7.60. The Bertz CT molecular complexity index is 3890. The fraction of sp³-hybridized carbons (Fsp3) is 0. The SMILES string of the molecule is c1ccc(-c2ccc(-n3c4ccccc4c4cc(-c5ccc6c(c5)c5ccccc5n6-c5ccc(-c6cccc(-c7ccccc7)c6)c6c5sc5ccccc56)ccc43)cc2)cc1. The highest BCUT2D eigenvalue weighted by atomic mass is 32.1. The topological polar surface area (TPSA) is 9.86 Å². The van der Waals surface area contributed by atoms with Crippen LogP contribution in [0.3, 0.4) is 0 Å². The summed E-state index contributed by atoms with van der Waals surface area (Å²) < 4.78 is 7.49. The van der Waals surface area contributed by atoms with Crippen LogP contribution in [0, 0.1) is 0 Å². The van der Waals surface area contributed by atoms with Crippen LogP contribution >= 0.6 is 11.3 Å². The largest absolute Gasteiger partial charge is 0.309 e. The van der Waals surface area contributed by atoms with Crippen molar-refractivity contribution in [1.29, 1.82) is 0 Å². The van der Waals surface area contributed by atoms with E-state index in [2.05, 4.69) is 240 Å². The molecular formula is C60H38N2S. The molecule has 3 heteroatoms. The van der Waals surface area contributed by atoms with E-state index in [1.54, 1.807) is 0 Å². The lowest BCUT2D eigenvalue weighted by molar-refractivity contribution is 1.18. The third-order valence-electron chi connectivity index (χ3n) is 12.9. The molecule has 0 spiro atoms. The Morgan fingerprint density at radius 2 is 0.762 bits per heavy atom. The molecule has 0 saturated heterocycles. The van der Waals surface area contributed by atoms with Crippen molar-refractivity contribution in [3.63, 3.8) is 0 Å². The number of para-hydroxylation sites is 2. The molecule has 0 amide bonds. The number of rotatable bonds is 6. The van der Waals surface area contributed by atoms with Crippen LogP contribution in [0.5, 0.6) is 0 Å². The van der Waals surface area contributed by atoms with E-state index in [1.165, 1.54) is 114 Å². The average molecular weight is 819 g/mol. The van der Waals surface area contributed by atoms with Crippen molar-refractivity contribution in [2.75, 3.05) is 0 Å². The number of aromatic nitrogens is 2. The third-order valence-corrected chi connectivity index (χ3v) is 14.1. The highest BCUT2D eigenvalue weighted by Crippen LogP contribution is 2.46. The molecule has 0 N–H and O–H groups in total. The molecule has 294 valence electrons.